The second-order valence-corrected chi connectivity index (χ2v) is 3.04. The van der Waals surface area contributed by atoms with Crippen molar-refractivity contribution in [2.24, 2.45) is 0 Å². The average molecular weight is 218 g/mol. The Morgan fingerprint density at radius 2 is 1.93 bits per heavy atom. The van der Waals surface area contributed by atoms with E-state index >= 15 is 0 Å². The zero-order valence-corrected chi connectivity index (χ0v) is 8.76. The Balaban J connectivity index is 3.11. The SMILES string of the molecule is COc1cc(CNO)c(OC)cc1Cl. The summed E-state index contributed by atoms with van der Waals surface area (Å²) in [6, 6.07) is 3.36. The molecule has 14 heavy (non-hydrogen) atoms. The van der Waals surface area contributed by atoms with Crippen LogP contribution in [-0.4, -0.2) is 19.4 Å². The Morgan fingerprint density at radius 3 is 2.43 bits per heavy atom. The number of hydrogen-bond acceptors (Lipinski definition) is 4. The normalized spacial score (nSPS) is 10.0. The van der Waals surface area contributed by atoms with E-state index in [-0.39, 0.29) is 6.54 Å². The van der Waals surface area contributed by atoms with Gasteiger partial charge in [0, 0.05) is 18.2 Å². The fourth-order valence-corrected chi connectivity index (χ4v) is 1.38. The van der Waals surface area contributed by atoms with Crippen LogP contribution >= 0.6 is 11.6 Å². The molecule has 2 N–H and O–H groups in total. The summed E-state index contributed by atoms with van der Waals surface area (Å²) in [7, 11) is 3.07. The molecule has 0 unspecified atom stereocenters. The molecule has 0 saturated heterocycles. The van der Waals surface area contributed by atoms with Crippen molar-refractivity contribution in [3.8, 4) is 11.5 Å². The van der Waals surface area contributed by atoms with Crippen LogP contribution in [0.15, 0.2) is 12.1 Å². The molecular formula is C9H12ClNO3. The van der Waals surface area contributed by atoms with E-state index in [2.05, 4.69) is 5.48 Å². The minimum absolute atomic E-state index is 0.275. The highest BCUT2D eigenvalue weighted by atomic mass is 35.5. The van der Waals surface area contributed by atoms with Crippen molar-refractivity contribution in [3.63, 3.8) is 0 Å². The maximum absolute atomic E-state index is 8.59. The van der Waals surface area contributed by atoms with E-state index < -0.39 is 0 Å². The van der Waals surface area contributed by atoms with E-state index in [9.17, 15) is 0 Å². The molecule has 0 saturated carbocycles. The molecule has 0 aliphatic heterocycles. The minimum atomic E-state index is 0.275. The predicted molar refractivity (Wildman–Crippen MR) is 53.2 cm³/mol. The summed E-state index contributed by atoms with van der Waals surface area (Å²) in [5, 5.41) is 9.07. The number of halogens is 1. The van der Waals surface area contributed by atoms with Crippen molar-refractivity contribution >= 4 is 11.6 Å². The van der Waals surface area contributed by atoms with Crippen LogP contribution in [0.25, 0.3) is 0 Å². The molecule has 0 aliphatic rings. The molecule has 0 heterocycles. The summed E-state index contributed by atoms with van der Waals surface area (Å²) in [5.41, 5.74) is 2.83. The van der Waals surface area contributed by atoms with E-state index in [4.69, 9.17) is 26.3 Å². The van der Waals surface area contributed by atoms with Gasteiger partial charge >= 0.3 is 0 Å². The first-order valence-electron chi connectivity index (χ1n) is 4.00. The van der Waals surface area contributed by atoms with Gasteiger partial charge < -0.3 is 14.7 Å². The van der Waals surface area contributed by atoms with E-state index in [0.717, 1.165) is 5.56 Å². The van der Waals surface area contributed by atoms with Gasteiger partial charge in [0.25, 0.3) is 0 Å². The van der Waals surface area contributed by atoms with Gasteiger partial charge in [-0.1, -0.05) is 11.6 Å². The molecule has 0 atom stereocenters. The number of rotatable bonds is 4. The fraction of sp³-hybridized carbons (Fsp3) is 0.333. The molecule has 1 aromatic rings. The smallest absolute Gasteiger partial charge is 0.138 e. The molecule has 1 aromatic carbocycles. The summed E-state index contributed by atoms with van der Waals surface area (Å²) in [4.78, 5) is 0. The Hall–Kier alpha value is -0.970. The summed E-state index contributed by atoms with van der Waals surface area (Å²) in [5.74, 6) is 1.16. The van der Waals surface area contributed by atoms with Crippen LogP contribution in [-0.2, 0) is 6.54 Å². The second-order valence-electron chi connectivity index (χ2n) is 2.63. The topological polar surface area (TPSA) is 50.7 Å². The monoisotopic (exact) mass is 217 g/mol. The van der Waals surface area contributed by atoms with E-state index in [1.807, 2.05) is 0 Å². The lowest BCUT2D eigenvalue weighted by Gasteiger charge is -2.11. The number of benzene rings is 1. The first kappa shape index (κ1) is 11.1. The van der Waals surface area contributed by atoms with Gasteiger partial charge in [-0.2, -0.15) is 0 Å². The summed E-state index contributed by atoms with van der Waals surface area (Å²) >= 11 is 5.89. The number of nitrogens with one attached hydrogen (secondary N) is 1. The zero-order chi connectivity index (χ0) is 10.6. The second kappa shape index (κ2) is 5.05. The zero-order valence-electron chi connectivity index (χ0n) is 8.00. The Bertz CT molecular complexity index is 317. The Labute approximate surface area is 87.4 Å². The lowest BCUT2D eigenvalue weighted by Crippen LogP contribution is -2.07. The third-order valence-corrected chi connectivity index (χ3v) is 2.12. The van der Waals surface area contributed by atoms with Gasteiger partial charge in [0.05, 0.1) is 19.2 Å². The quantitative estimate of drug-likeness (QED) is 0.756. The lowest BCUT2D eigenvalue weighted by atomic mass is 10.2. The lowest BCUT2D eigenvalue weighted by molar-refractivity contribution is 0.160. The van der Waals surface area contributed by atoms with Crippen LogP contribution in [0.3, 0.4) is 0 Å². The van der Waals surface area contributed by atoms with Crippen molar-refractivity contribution in [1.29, 1.82) is 0 Å². The molecule has 0 fully saturated rings. The molecule has 0 amide bonds. The summed E-state index contributed by atoms with van der Waals surface area (Å²) in [6.45, 7) is 0.275. The summed E-state index contributed by atoms with van der Waals surface area (Å²) < 4.78 is 10.1. The minimum Gasteiger partial charge on any atom is -0.496 e. The van der Waals surface area contributed by atoms with Gasteiger partial charge in [0.15, 0.2) is 0 Å². The number of ether oxygens (including phenoxy) is 2. The number of methoxy groups -OCH3 is 2. The molecule has 0 spiro atoms. The third-order valence-electron chi connectivity index (χ3n) is 1.82. The molecule has 4 nitrogen and oxygen atoms in total. The molecule has 0 bridgehead atoms. The molecule has 0 aromatic heterocycles. The van der Waals surface area contributed by atoms with Gasteiger partial charge in [0.1, 0.15) is 11.5 Å². The molecule has 0 radical (unpaired) electrons. The van der Waals surface area contributed by atoms with Crippen molar-refractivity contribution in [2.45, 2.75) is 6.54 Å². The Morgan fingerprint density at radius 1 is 1.29 bits per heavy atom. The molecule has 5 heteroatoms. The van der Waals surface area contributed by atoms with Crippen molar-refractivity contribution in [1.82, 2.24) is 5.48 Å². The molecule has 1 rings (SSSR count). The fourth-order valence-electron chi connectivity index (χ4n) is 1.15. The average Bonchev–Trinajstić information content (AvgIpc) is 2.20. The highest BCUT2D eigenvalue weighted by Crippen LogP contribution is 2.32. The first-order chi connectivity index (χ1) is 6.72. The Kier molecular flexibility index (Phi) is 4.00. The van der Waals surface area contributed by atoms with Crippen LogP contribution in [0.4, 0.5) is 0 Å². The highest BCUT2D eigenvalue weighted by molar-refractivity contribution is 6.32. The maximum atomic E-state index is 8.59. The van der Waals surface area contributed by atoms with Crippen LogP contribution in [0, 0.1) is 0 Å². The third kappa shape index (κ3) is 2.29. The highest BCUT2D eigenvalue weighted by Gasteiger charge is 2.08. The van der Waals surface area contributed by atoms with Crippen LogP contribution in [0.2, 0.25) is 5.02 Å². The van der Waals surface area contributed by atoms with E-state index in [1.54, 1.807) is 19.2 Å². The van der Waals surface area contributed by atoms with E-state index in [1.165, 1.54) is 7.11 Å². The van der Waals surface area contributed by atoms with Gasteiger partial charge in [-0.15, -0.1) is 0 Å². The van der Waals surface area contributed by atoms with Gasteiger partial charge in [-0.25, -0.2) is 5.48 Å². The van der Waals surface area contributed by atoms with Crippen molar-refractivity contribution < 1.29 is 14.7 Å². The van der Waals surface area contributed by atoms with Crippen LogP contribution in [0.5, 0.6) is 11.5 Å². The van der Waals surface area contributed by atoms with Gasteiger partial charge in [0.2, 0.25) is 0 Å². The molecule has 0 aliphatic carbocycles. The van der Waals surface area contributed by atoms with Crippen molar-refractivity contribution in [2.75, 3.05) is 14.2 Å². The molecule has 78 valence electrons. The van der Waals surface area contributed by atoms with Gasteiger partial charge in [-0.3, -0.25) is 0 Å². The van der Waals surface area contributed by atoms with Crippen LogP contribution in [0.1, 0.15) is 5.56 Å². The first-order valence-corrected chi connectivity index (χ1v) is 4.38. The molecular weight excluding hydrogens is 206 g/mol. The summed E-state index contributed by atoms with van der Waals surface area (Å²) in [6.07, 6.45) is 0. The number of hydroxylamine groups is 1. The van der Waals surface area contributed by atoms with Crippen molar-refractivity contribution in [3.05, 3.63) is 22.7 Å². The van der Waals surface area contributed by atoms with Crippen LogP contribution < -0.4 is 15.0 Å². The largest absolute Gasteiger partial charge is 0.496 e. The number of hydrogen-bond donors (Lipinski definition) is 2. The predicted octanol–water partition coefficient (Wildman–Crippen LogP) is 1.84. The van der Waals surface area contributed by atoms with E-state index in [0.29, 0.717) is 16.5 Å². The van der Waals surface area contributed by atoms with Gasteiger partial charge in [-0.05, 0) is 6.07 Å². The maximum Gasteiger partial charge on any atom is 0.138 e. The standard InChI is InChI=1S/C9H12ClNO3/c1-13-8-4-7(10)9(14-2)3-6(8)5-11-12/h3-4,11-12H,5H2,1-2H3.